The molecule has 0 aliphatic rings. The summed E-state index contributed by atoms with van der Waals surface area (Å²) < 4.78 is 27.4. The van der Waals surface area contributed by atoms with Gasteiger partial charge in [-0.2, -0.15) is 0 Å². The van der Waals surface area contributed by atoms with Crippen LogP contribution in [0, 0.1) is 18.6 Å². The minimum absolute atomic E-state index is 0.304. The fourth-order valence-electron chi connectivity index (χ4n) is 1.99. The van der Waals surface area contributed by atoms with Crippen LogP contribution < -0.4 is 0 Å². The van der Waals surface area contributed by atoms with Gasteiger partial charge in [-0.25, -0.2) is 8.78 Å². The molecule has 2 rings (SSSR count). The molecule has 0 bridgehead atoms. The molecular formula is C17H16F2. The lowest BCUT2D eigenvalue weighted by Gasteiger charge is -2.07. The zero-order valence-electron chi connectivity index (χ0n) is 10.9. The average Bonchev–Trinajstić information content (AvgIpc) is 2.44. The van der Waals surface area contributed by atoms with E-state index < -0.39 is 11.6 Å². The quantitative estimate of drug-likeness (QED) is 0.672. The third-order valence-electron chi connectivity index (χ3n) is 3.18. The van der Waals surface area contributed by atoms with Crippen LogP contribution >= 0.6 is 0 Å². The van der Waals surface area contributed by atoms with E-state index in [1.165, 1.54) is 0 Å². The van der Waals surface area contributed by atoms with Gasteiger partial charge in [0.1, 0.15) is 0 Å². The van der Waals surface area contributed by atoms with E-state index in [9.17, 15) is 8.78 Å². The Balaban J connectivity index is 2.32. The summed E-state index contributed by atoms with van der Waals surface area (Å²) in [6, 6.07) is 10.7. The van der Waals surface area contributed by atoms with Gasteiger partial charge < -0.3 is 0 Å². The second-order valence-electron chi connectivity index (χ2n) is 4.58. The van der Waals surface area contributed by atoms with Crippen molar-refractivity contribution in [2.75, 3.05) is 0 Å². The van der Waals surface area contributed by atoms with Crippen molar-refractivity contribution < 1.29 is 8.78 Å². The first kappa shape index (κ1) is 13.5. The summed E-state index contributed by atoms with van der Waals surface area (Å²) >= 11 is 0. The van der Waals surface area contributed by atoms with E-state index in [2.05, 4.69) is 6.58 Å². The van der Waals surface area contributed by atoms with Crippen LogP contribution in [-0.4, -0.2) is 0 Å². The normalized spacial score (nSPS) is 10.5. The van der Waals surface area contributed by atoms with Crippen molar-refractivity contribution >= 4 is 0 Å². The predicted octanol–water partition coefficient (Wildman–Crippen LogP) is 5.06. The molecule has 0 aliphatic heterocycles. The lowest BCUT2D eigenvalue weighted by atomic mass is 10.0. The van der Waals surface area contributed by atoms with Crippen LogP contribution in [0.5, 0.6) is 0 Å². The Labute approximate surface area is 112 Å². The van der Waals surface area contributed by atoms with Gasteiger partial charge in [0.15, 0.2) is 11.6 Å². The molecule has 0 amide bonds. The van der Waals surface area contributed by atoms with Crippen LogP contribution in [0.15, 0.2) is 49.1 Å². The second kappa shape index (κ2) is 5.79. The van der Waals surface area contributed by atoms with Crippen LogP contribution in [0.2, 0.25) is 0 Å². The molecule has 0 atom stereocenters. The average molecular weight is 258 g/mol. The maximum absolute atomic E-state index is 13.9. The Morgan fingerprint density at radius 2 is 1.68 bits per heavy atom. The van der Waals surface area contributed by atoms with Crippen molar-refractivity contribution in [3.63, 3.8) is 0 Å². The first-order chi connectivity index (χ1) is 9.13. The highest BCUT2D eigenvalue weighted by Crippen LogP contribution is 2.26. The molecule has 0 nitrogen and oxygen atoms in total. The largest absolute Gasteiger partial charge is 0.203 e. The van der Waals surface area contributed by atoms with Crippen molar-refractivity contribution in [3.8, 4) is 11.1 Å². The lowest BCUT2D eigenvalue weighted by Crippen LogP contribution is -1.93. The van der Waals surface area contributed by atoms with Crippen LogP contribution in [0.1, 0.15) is 17.5 Å². The maximum atomic E-state index is 13.9. The van der Waals surface area contributed by atoms with Gasteiger partial charge in [0, 0.05) is 5.56 Å². The highest BCUT2D eigenvalue weighted by atomic mass is 19.2. The lowest BCUT2D eigenvalue weighted by molar-refractivity contribution is 0.505. The second-order valence-corrected chi connectivity index (χ2v) is 4.58. The van der Waals surface area contributed by atoms with Crippen molar-refractivity contribution in [1.29, 1.82) is 0 Å². The summed E-state index contributed by atoms with van der Waals surface area (Å²) in [6.45, 7) is 5.24. The van der Waals surface area contributed by atoms with Crippen LogP contribution in [0.3, 0.4) is 0 Å². The molecule has 0 aliphatic carbocycles. The van der Waals surface area contributed by atoms with Gasteiger partial charge in [-0.15, -0.1) is 6.58 Å². The van der Waals surface area contributed by atoms with Gasteiger partial charge in [0.25, 0.3) is 0 Å². The molecule has 0 fully saturated rings. The molecule has 2 heteroatoms. The van der Waals surface area contributed by atoms with E-state index in [4.69, 9.17) is 0 Å². The summed E-state index contributed by atoms with van der Waals surface area (Å²) in [5, 5.41) is 0. The summed E-state index contributed by atoms with van der Waals surface area (Å²) in [7, 11) is 0. The highest BCUT2D eigenvalue weighted by molar-refractivity contribution is 5.65. The number of hydrogen-bond donors (Lipinski definition) is 0. The molecule has 0 heterocycles. The zero-order valence-corrected chi connectivity index (χ0v) is 10.9. The number of allylic oxidation sites excluding steroid dienone is 1. The molecule has 0 unspecified atom stereocenters. The molecule has 0 N–H and O–H groups in total. The van der Waals surface area contributed by atoms with Crippen LogP contribution in [0.25, 0.3) is 11.1 Å². The summed E-state index contributed by atoms with van der Waals surface area (Å²) in [5.41, 5.74) is 2.48. The fraction of sp³-hybridized carbons (Fsp3) is 0.176. The first-order valence-corrected chi connectivity index (χ1v) is 6.28. The Morgan fingerprint density at radius 3 is 2.32 bits per heavy atom. The monoisotopic (exact) mass is 258 g/mol. The molecule has 0 saturated heterocycles. The van der Waals surface area contributed by atoms with Gasteiger partial charge in [-0.05, 0) is 36.5 Å². The minimum Gasteiger partial charge on any atom is -0.203 e. The number of aryl methyl sites for hydroxylation is 2. The van der Waals surface area contributed by atoms with Crippen LogP contribution in [-0.2, 0) is 6.42 Å². The molecule has 0 saturated carbocycles. The number of halogens is 2. The smallest absolute Gasteiger partial charge is 0.166 e. The van der Waals surface area contributed by atoms with Crippen molar-refractivity contribution in [2.45, 2.75) is 19.8 Å². The van der Waals surface area contributed by atoms with E-state index in [-0.39, 0.29) is 0 Å². The molecule has 0 radical (unpaired) electrons. The topological polar surface area (TPSA) is 0 Å². The minimum atomic E-state index is -0.779. The standard InChI is InChI=1S/C17H16F2/c1-3-4-5-13-7-9-14(10-8-13)15-11-6-12(2)16(18)17(15)19/h3,6-11H,1,4-5H2,2H3. The summed E-state index contributed by atoms with van der Waals surface area (Å²) in [5.74, 6) is -1.55. The molecule has 2 aromatic carbocycles. The van der Waals surface area contributed by atoms with E-state index in [0.29, 0.717) is 16.7 Å². The van der Waals surface area contributed by atoms with E-state index in [1.807, 2.05) is 30.3 Å². The number of hydrogen-bond acceptors (Lipinski definition) is 0. The van der Waals surface area contributed by atoms with E-state index in [1.54, 1.807) is 19.1 Å². The Morgan fingerprint density at radius 1 is 1.00 bits per heavy atom. The Kier molecular flexibility index (Phi) is 4.10. The molecule has 19 heavy (non-hydrogen) atoms. The van der Waals surface area contributed by atoms with E-state index >= 15 is 0 Å². The molecule has 2 aromatic rings. The predicted molar refractivity (Wildman–Crippen MR) is 75.0 cm³/mol. The fourth-order valence-corrected chi connectivity index (χ4v) is 1.99. The molecule has 0 spiro atoms. The summed E-state index contributed by atoms with van der Waals surface area (Å²) in [6.07, 6.45) is 3.68. The molecule has 98 valence electrons. The van der Waals surface area contributed by atoms with Gasteiger partial charge >= 0.3 is 0 Å². The third kappa shape index (κ3) is 2.90. The number of benzene rings is 2. The third-order valence-corrected chi connectivity index (χ3v) is 3.18. The number of rotatable bonds is 4. The van der Waals surface area contributed by atoms with Gasteiger partial charge in [0.05, 0.1) is 0 Å². The highest BCUT2D eigenvalue weighted by Gasteiger charge is 2.12. The van der Waals surface area contributed by atoms with Gasteiger partial charge in [0.2, 0.25) is 0 Å². The van der Waals surface area contributed by atoms with Crippen molar-refractivity contribution in [2.24, 2.45) is 0 Å². The summed E-state index contributed by atoms with van der Waals surface area (Å²) in [4.78, 5) is 0. The van der Waals surface area contributed by atoms with Crippen LogP contribution in [0.4, 0.5) is 8.78 Å². The van der Waals surface area contributed by atoms with E-state index in [0.717, 1.165) is 18.4 Å². The van der Waals surface area contributed by atoms with Gasteiger partial charge in [-0.3, -0.25) is 0 Å². The maximum Gasteiger partial charge on any atom is 0.166 e. The van der Waals surface area contributed by atoms with Crippen molar-refractivity contribution in [3.05, 3.63) is 71.8 Å². The SMILES string of the molecule is C=CCCc1ccc(-c2ccc(C)c(F)c2F)cc1. The first-order valence-electron chi connectivity index (χ1n) is 6.28. The molecule has 0 aromatic heterocycles. The van der Waals surface area contributed by atoms with Crippen molar-refractivity contribution in [1.82, 2.24) is 0 Å². The Bertz CT molecular complexity index is 583. The zero-order chi connectivity index (χ0) is 13.8. The Hall–Kier alpha value is -1.96. The molecular weight excluding hydrogens is 242 g/mol. The van der Waals surface area contributed by atoms with Gasteiger partial charge in [-0.1, -0.05) is 42.5 Å².